The maximum atomic E-state index is 7.21. The van der Waals surface area contributed by atoms with Gasteiger partial charge in [0.15, 0.2) is 0 Å². The summed E-state index contributed by atoms with van der Waals surface area (Å²) in [5.74, 6) is 0. The third-order valence-electron chi connectivity index (χ3n) is 16.5. The van der Waals surface area contributed by atoms with Crippen molar-refractivity contribution in [2.75, 3.05) is 4.90 Å². The van der Waals surface area contributed by atoms with Crippen LogP contribution in [-0.2, 0) is 10.8 Å². The van der Waals surface area contributed by atoms with E-state index in [1.807, 2.05) is 12.1 Å². The first-order chi connectivity index (χ1) is 34.9. The van der Waals surface area contributed by atoms with Crippen LogP contribution in [0.4, 0.5) is 17.1 Å². The average Bonchev–Trinajstić information content (AvgIpc) is 4.21. The van der Waals surface area contributed by atoms with Crippen LogP contribution >= 0.6 is 0 Å². The molecule has 0 saturated heterocycles. The lowest BCUT2D eigenvalue weighted by Crippen LogP contribution is -2.26. The van der Waals surface area contributed by atoms with Crippen molar-refractivity contribution in [2.45, 2.75) is 24.7 Å². The van der Waals surface area contributed by atoms with Crippen LogP contribution in [0.25, 0.3) is 99.2 Å². The zero-order valence-corrected chi connectivity index (χ0v) is 39.1. The summed E-state index contributed by atoms with van der Waals surface area (Å²) in [7, 11) is 0. The molecule has 0 fully saturated rings. The van der Waals surface area contributed by atoms with Gasteiger partial charge in [0.2, 0.25) is 0 Å². The fraction of sp³-hybridized carbons (Fsp3) is 0.0588. The monoisotopic (exact) mass is 905 g/mol. The first-order valence-corrected chi connectivity index (χ1v) is 24.7. The summed E-state index contributed by atoms with van der Waals surface area (Å²) >= 11 is 0. The number of para-hydroxylation sites is 1. The van der Waals surface area contributed by atoms with Crippen molar-refractivity contribution in [3.05, 3.63) is 258 Å². The van der Waals surface area contributed by atoms with Crippen molar-refractivity contribution in [3.8, 4) is 44.5 Å². The van der Waals surface area contributed by atoms with Crippen molar-refractivity contribution in [1.29, 1.82) is 0 Å². The summed E-state index contributed by atoms with van der Waals surface area (Å²) in [4.78, 5) is 2.53. The van der Waals surface area contributed by atoms with Gasteiger partial charge >= 0.3 is 0 Å². The molecule has 0 radical (unpaired) electrons. The van der Waals surface area contributed by atoms with E-state index in [2.05, 4.69) is 231 Å². The number of anilines is 3. The minimum absolute atomic E-state index is 0.213. The Hall–Kier alpha value is -8.92. The van der Waals surface area contributed by atoms with Crippen LogP contribution in [0.2, 0.25) is 0 Å². The average molecular weight is 906 g/mol. The van der Waals surface area contributed by atoms with Crippen molar-refractivity contribution >= 4 is 71.7 Å². The number of benzene rings is 11. The van der Waals surface area contributed by atoms with Gasteiger partial charge in [-0.25, -0.2) is 0 Å². The third kappa shape index (κ3) is 5.07. The molecular formula is C68H43NO2. The molecule has 1 spiro atoms. The van der Waals surface area contributed by atoms with Gasteiger partial charge in [-0.05, 0) is 144 Å². The van der Waals surface area contributed by atoms with E-state index in [0.29, 0.717) is 0 Å². The lowest BCUT2D eigenvalue weighted by Gasteiger charge is -2.33. The molecule has 3 heteroatoms. The Morgan fingerprint density at radius 2 is 0.887 bits per heavy atom. The predicted octanol–water partition coefficient (Wildman–Crippen LogP) is 18.4. The smallest absolute Gasteiger partial charge is 0.143 e. The number of fused-ring (bicyclic) bond motifs is 21. The van der Waals surface area contributed by atoms with E-state index in [9.17, 15) is 0 Å². The van der Waals surface area contributed by atoms with Gasteiger partial charge < -0.3 is 13.7 Å². The molecule has 11 aromatic carbocycles. The molecule has 2 heterocycles. The quantitative estimate of drug-likeness (QED) is 0.176. The van der Waals surface area contributed by atoms with Crippen LogP contribution in [0.15, 0.2) is 233 Å². The van der Waals surface area contributed by atoms with Gasteiger partial charge in [0, 0.05) is 38.3 Å². The molecule has 0 saturated carbocycles. The fourth-order valence-corrected chi connectivity index (χ4v) is 13.3. The van der Waals surface area contributed by atoms with E-state index in [1.165, 1.54) is 66.8 Å². The predicted molar refractivity (Wildman–Crippen MR) is 292 cm³/mol. The lowest BCUT2D eigenvalue weighted by molar-refractivity contribution is 0.660. The van der Waals surface area contributed by atoms with E-state index in [4.69, 9.17) is 8.83 Å². The summed E-state index contributed by atoms with van der Waals surface area (Å²) < 4.78 is 13.6. The van der Waals surface area contributed by atoms with Gasteiger partial charge in [0.25, 0.3) is 0 Å². The molecule has 3 aliphatic carbocycles. The van der Waals surface area contributed by atoms with Crippen LogP contribution in [-0.4, -0.2) is 0 Å². The van der Waals surface area contributed by atoms with Crippen LogP contribution < -0.4 is 4.90 Å². The van der Waals surface area contributed by atoms with Crippen molar-refractivity contribution in [2.24, 2.45) is 0 Å². The molecule has 3 nitrogen and oxygen atoms in total. The van der Waals surface area contributed by atoms with E-state index in [-0.39, 0.29) is 5.41 Å². The SMILES string of the molecule is CC1(C)c2ccccc2-c2ccc(N(c3ccc4c(c3)C3(c5ccccc5-c5ccccc53)c3ccccc3-4)c3cc(-c4ccc5oc6ccccc6c5c4)cc4oc5c6ccccc6ccc5c34)cc21. The number of rotatable bonds is 4. The second-order valence-corrected chi connectivity index (χ2v) is 20.3. The van der Waals surface area contributed by atoms with Crippen LogP contribution in [0.1, 0.15) is 47.2 Å². The van der Waals surface area contributed by atoms with E-state index < -0.39 is 5.41 Å². The standard InChI is InChI=1S/C68H43NO2/c1-67(2)55-22-10-5-17-46(55)50-32-29-43(38-59(50)67)69(44-30-33-51-49-20-8-13-25-58(49)68(60(51)39-44)56-23-11-6-18-47(56)48-19-7-12-24-57(48)68)61-36-42(41-28-34-63-54(35-41)52-21-9-14-26-62(52)70-63)37-64-65(61)53-31-27-40-15-3-4-16-45(40)66(53)71-64/h3-39H,1-2H3. The Kier molecular flexibility index (Phi) is 7.62. The van der Waals surface area contributed by atoms with Crippen molar-refractivity contribution < 1.29 is 8.83 Å². The van der Waals surface area contributed by atoms with Gasteiger partial charge in [-0.1, -0.05) is 178 Å². The number of nitrogens with zero attached hydrogens (tertiary/aromatic N) is 1. The Morgan fingerprint density at radius 3 is 1.59 bits per heavy atom. The molecule has 0 atom stereocenters. The van der Waals surface area contributed by atoms with Gasteiger partial charge in [0.1, 0.15) is 22.3 Å². The van der Waals surface area contributed by atoms with Gasteiger partial charge in [-0.15, -0.1) is 0 Å². The highest BCUT2D eigenvalue weighted by molar-refractivity contribution is 6.21. The lowest BCUT2D eigenvalue weighted by atomic mass is 9.70. The molecule has 2 aromatic heterocycles. The van der Waals surface area contributed by atoms with E-state index in [1.54, 1.807) is 0 Å². The maximum absolute atomic E-state index is 7.21. The molecule has 0 bridgehead atoms. The Bertz CT molecular complexity index is 4400. The first-order valence-electron chi connectivity index (χ1n) is 24.7. The molecule has 0 N–H and O–H groups in total. The largest absolute Gasteiger partial charge is 0.456 e. The first kappa shape index (κ1) is 39.0. The zero-order chi connectivity index (χ0) is 46.7. The molecule has 16 rings (SSSR count). The molecule has 0 unspecified atom stereocenters. The Balaban J connectivity index is 1.02. The second-order valence-electron chi connectivity index (χ2n) is 20.3. The number of hydrogen-bond acceptors (Lipinski definition) is 3. The van der Waals surface area contributed by atoms with Gasteiger partial charge in [0.05, 0.1) is 16.5 Å². The normalized spacial score (nSPS) is 14.3. The molecule has 0 aliphatic heterocycles. The van der Waals surface area contributed by atoms with Crippen LogP contribution in [0.5, 0.6) is 0 Å². The molecule has 71 heavy (non-hydrogen) atoms. The van der Waals surface area contributed by atoms with Gasteiger partial charge in [-0.3, -0.25) is 0 Å². The highest BCUT2D eigenvalue weighted by atomic mass is 16.3. The third-order valence-corrected chi connectivity index (χ3v) is 16.5. The highest BCUT2D eigenvalue weighted by Gasteiger charge is 2.51. The molecule has 0 amide bonds. The molecular weight excluding hydrogens is 863 g/mol. The highest BCUT2D eigenvalue weighted by Crippen LogP contribution is 2.64. The number of hydrogen-bond donors (Lipinski definition) is 0. The Labute approximate surface area is 410 Å². The number of furan rings is 2. The van der Waals surface area contributed by atoms with E-state index in [0.717, 1.165) is 82.8 Å². The Morgan fingerprint density at radius 1 is 0.338 bits per heavy atom. The molecule has 332 valence electrons. The topological polar surface area (TPSA) is 29.5 Å². The molecule has 3 aliphatic rings. The van der Waals surface area contributed by atoms with Crippen molar-refractivity contribution in [3.63, 3.8) is 0 Å². The minimum atomic E-state index is -0.510. The summed E-state index contributed by atoms with van der Waals surface area (Å²) in [6.45, 7) is 4.75. The fourth-order valence-electron chi connectivity index (χ4n) is 13.3. The van der Waals surface area contributed by atoms with Crippen LogP contribution in [0, 0.1) is 0 Å². The van der Waals surface area contributed by atoms with Crippen LogP contribution in [0.3, 0.4) is 0 Å². The van der Waals surface area contributed by atoms with Crippen molar-refractivity contribution in [1.82, 2.24) is 0 Å². The zero-order valence-electron chi connectivity index (χ0n) is 39.1. The van der Waals surface area contributed by atoms with E-state index >= 15 is 0 Å². The summed E-state index contributed by atoms with van der Waals surface area (Å²) in [5.41, 5.74) is 23.8. The molecule has 13 aromatic rings. The van der Waals surface area contributed by atoms with Gasteiger partial charge in [-0.2, -0.15) is 0 Å². The summed E-state index contributed by atoms with van der Waals surface area (Å²) in [6.07, 6.45) is 0. The summed E-state index contributed by atoms with van der Waals surface area (Å²) in [6, 6.07) is 83.2. The summed E-state index contributed by atoms with van der Waals surface area (Å²) in [5, 5.41) is 6.59. The second kappa shape index (κ2) is 13.9. The maximum Gasteiger partial charge on any atom is 0.143 e. The minimum Gasteiger partial charge on any atom is -0.456 e.